The minimum absolute atomic E-state index is 0.543. The summed E-state index contributed by atoms with van der Waals surface area (Å²) < 4.78 is 3.25. The Bertz CT molecular complexity index is 413. The molecule has 1 N–H and O–H groups in total. The summed E-state index contributed by atoms with van der Waals surface area (Å²) >= 11 is 5.86. The molecular formula is C14H24BrN3S. The molecule has 0 radical (unpaired) electrons. The Kier molecular flexibility index (Phi) is 5.78. The molecule has 1 aromatic heterocycles. The van der Waals surface area contributed by atoms with Crippen LogP contribution in [0, 0.1) is 0 Å². The minimum atomic E-state index is 0.543. The fraction of sp³-hybridized carbons (Fsp3) is 0.786. The van der Waals surface area contributed by atoms with Crippen molar-refractivity contribution in [3.05, 3.63) is 15.9 Å². The van der Waals surface area contributed by atoms with Crippen molar-refractivity contribution in [2.75, 3.05) is 12.8 Å². The zero-order valence-electron chi connectivity index (χ0n) is 12.1. The van der Waals surface area contributed by atoms with Gasteiger partial charge in [-0.25, -0.2) is 0 Å². The maximum Gasteiger partial charge on any atom is 0.0766 e. The van der Waals surface area contributed by atoms with Gasteiger partial charge in [0.25, 0.3) is 0 Å². The largest absolute Gasteiger partial charge is 0.316 e. The van der Waals surface area contributed by atoms with E-state index >= 15 is 0 Å². The number of thioether (sulfide) groups is 1. The van der Waals surface area contributed by atoms with Gasteiger partial charge in [-0.15, -0.1) is 0 Å². The van der Waals surface area contributed by atoms with E-state index in [9.17, 15) is 0 Å². The zero-order valence-corrected chi connectivity index (χ0v) is 14.5. The lowest BCUT2D eigenvalue weighted by Crippen LogP contribution is -2.39. The third-order valence-corrected chi connectivity index (χ3v) is 6.38. The van der Waals surface area contributed by atoms with Crippen LogP contribution in [0.4, 0.5) is 0 Å². The molecule has 0 spiro atoms. The van der Waals surface area contributed by atoms with E-state index in [1.54, 1.807) is 0 Å². The topological polar surface area (TPSA) is 29.9 Å². The average molecular weight is 346 g/mol. The van der Waals surface area contributed by atoms with Crippen LogP contribution in [0.15, 0.2) is 4.47 Å². The number of hydrogen-bond donors (Lipinski definition) is 1. The highest BCUT2D eigenvalue weighted by Gasteiger charge is 2.25. The average Bonchev–Trinajstić information content (AvgIpc) is 2.72. The number of aryl methyl sites for hydroxylation is 2. The minimum Gasteiger partial charge on any atom is -0.316 e. The number of halogens is 1. The fourth-order valence-electron chi connectivity index (χ4n) is 2.75. The molecule has 1 aliphatic rings. The van der Waals surface area contributed by atoms with E-state index in [2.05, 4.69) is 59.1 Å². The summed E-state index contributed by atoms with van der Waals surface area (Å²) in [4.78, 5) is 0. The maximum absolute atomic E-state index is 4.60. The Morgan fingerprint density at radius 3 is 2.84 bits per heavy atom. The van der Waals surface area contributed by atoms with E-state index in [1.807, 2.05) is 4.68 Å². The van der Waals surface area contributed by atoms with Gasteiger partial charge in [-0.1, -0.05) is 13.3 Å². The Balaban J connectivity index is 2.11. The normalized spacial score (nSPS) is 21.6. The van der Waals surface area contributed by atoms with Crippen LogP contribution in [0.25, 0.3) is 0 Å². The summed E-state index contributed by atoms with van der Waals surface area (Å²) in [6.45, 7) is 2.16. The molecule has 3 nitrogen and oxygen atoms in total. The number of nitrogens with zero attached hydrogens (tertiary/aromatic N) is 2. The first-order valence-corrected chi connectivity index (χ1v) is 9.00. The van der Waals surface area contributed by atoms with E-state index in [1.165, 1.54) is 40.9 Å². The molecule has 2 rings (SSSR count). The second-order valence-corrected chi connectivity index (χ2v) is 7.33. The van der Waals surface area contributed by atoms with Gasteiger partial charge in [-0.05, 0) is 48.0 Å². The lowest BCUT2D eigenvalue weighted by Gasteiger charge is -2.29. The first-order valence-electron chi connectivity index (χ1n) is 7.16. The molecule has 108 valence electrons. The van der Waals surface area contributed by atoms with Crippen molar-refractivity contribution in [2.24, 2.45) is 7.05 Å². The fourth-order valence-corrected chi connectivity index (χ4v) is 5.00. The van der Waals surface area contributed by atoms with Crippen LogP contribution in [0.1, 0.15) is 37.6 Å². The number of nitrogens with one attached hydrogen (secondary N) is 1. The van der Waals surface area contributed by atoms with Crippen molar-refractivity contribution in [1.29, 1.82) is 0 Å². The molecule has 0 amide bonds. The van der Waals surface area contributed by atoms with E-state index < -0.39 is 0 Å². The van der Waals surface area contributed by atoms with Crippen LogP contribution in [0.5, 0.6) is 0 Å². The first kappa shape index (κ1) is 15.4. The van der Waals surface area contributed by atoms with Gasteiger partial charge in [0.15, 0.2) is 0 Å². The summed E-state index contributed by atoms with van der Waals surface area (Å²) in [7, 11) is 4.14. The molecule has 0 aliphatic carbocycles. The van der Waals surface area contributed by atoms with Crippen LogP contribution in [-0.2, 0) is 19.9 Å². The predicted octanol–water partition coefficient (Wildman–Crippen LogP) is 3.16. The van der Waals surface area contributed by atoms with Crippen LogP contribution >= 0.6 is 27.7 Å². The molecule has 1 saturated heterocycles. The third kappa shape index (κ3) is 3.56. The Labute approximate surface area is 129 Å². The van der Waals surface area contributed by atoms with Gasteiger partial charge in [-0.2, -0.15) is 16.9 Å². The molecule has 1 aromatic rings. The molecule has 5 heteroatoms. The summed E-state index contributed by atoms with van der Waals surface area (Å²) in [5.74, 6) is 1.32. The van der Waals surface area contributed by atoms with Gasteiger partial charge < -0.3 is 5.32 Å². The van der Waals surface area contributed by atoms with Gasteiger partial charge in [0.2, 0.25) is 0 Å². The maximum atomic E-state index is 4.60. The number of aromatic nitrogens is 2. The summed E-state index contributed by atoms with van der Waals surface area (Å²) in [6.07, 6.45) is 6.14. The van der Waals surface area contributed by atoms with Crippen LogP contribution in [0.2, 0.25) is 0 Å². The van der Waals surface area contributed by atoms with Crippen molar-refractivity contribution in [3.63, 3.8) is 0 Å². The summed E-state index contributed by atoms with van der Waals surface area (Å²) in [5.41, 5.74) is 2.49. The Hall–Kier alpha value is -0.000000000000000111. The highest BCUT2D eigenvalue weighted by molar-refractivity contribution is 9.10. The molecule has 0 saturated carbocycles. The van der Waals surface area contributed by atoms with Crippen molar-refractivity contribution < 1.29 is 0 Å². The van der Waals surface area contributed by atoms with Crippen molar-refractivity contribution in [3.8, 4) is 0 Å². The monoisotopic (exact) mass is 345 g/mol. The lowest BCUT2D eigenvalue weighted by atomic mass is 10.0. The molecule has 19 heavy (non-hydrogen) atoms. The van der Waals surface area contributed by atoms with Crippen molar-refractivity contribution in [1.82, 2.24) is 15.1 Å². The van der Waals surface area contributed by atoms with E-state index in [0.29, 0.717) is 6.04 Å². The zero-order chi connectivity index (χ0) is 13.8. The summed E-state index contributed by atoms with van der Waals surface area (Å²) in [5, 5.41) is 8.86. The highest BCUT2D eigenvalue weighted by atomic mass is 79.9. The van der Waals surface area contributed by atoms with E-state index in [-0.39, 0.29) is 0 Å². The van der Waals surface area contributed by atoms with Crippen LogP contribution < -0.4 is 5.32 Å². The highest BCUT2D eigenvalue weighted by Crippen LogP contribution is 2.30. The number of likely N-dealkylation sites (N-methyl/N-ethyl adjacent to an activating group) is 1. The summed E-state index contributed by atoms with van der Waals surface area (Å²) in [6, 6.07) is 0.543. The number of rotatable bonds is 5. The number of hydrogen-bond acceptors (Lipinski definition) is 3. The van der Waals surface area contributed by atoms with Gasteiger partial charge in [0, 0.05) is 24.8 Å². The first-order chi connectivity index (χ1) is 9.17. The molecule has 2 atom stereocenters. The second-order valence-electron chi connectivity index (χ2n) is 5.19. The van der Waals surface area contributed by atoms with Gasteiger partial charge in [0.05, 0.1) is 15.9 Å². The smallest absolute Gasteiger partial charge is 0.0766 e. The molecule has 1 aliphatic heterocycles. The van der Waals surface area contributed by atoms with Crippen molar-refractivity contribution in [2.45, 2.75) is 50.3 Å². The molecule has 2 unspecified atom stereocenters. The molecular weight excluding hydrogens is 322 g/mol. The lowest BCUT2D eigenvalue weighted by molar-refractivity contribution is 0.481. The molecule has 2 heterocycles. The van der Waals surface area contributed by atoms with Crippen LogP contribution in [0.3, 0.4) is 0 Å². The predicted molar refractivity (Wildman–Crippen MR) is 86.9 cm³/mol. The quantitative estimate of drug-likeness (QED) is 0.888. The van der Waals surface area contributed by atoms with E-state index in [4.69, 9.17) is 0 Å². The second kappa shape index (κ2) is 7.14. The van der Waals surface area contributed by atoms with Crippen molar-refractivity contribution >= 4 is 27.7 Å². The third-order valence-electron chi connectivity index (χ3n) is 3.95. The van der Waals surface area contributed by atoms with Gasteiger partial charge >= 0.3 is 0 Å². The Morgan fingerprint density at radius 1 is 1.53 bits per heavy atom. The van der Waals surface area contributed by atoms with Gasteiger partial charge in [0.1, 0.15) is 0 Å². The van der Waals surface area contributed by atoms with Crippen LogP contribution in [-0.4, -0.2) is 33.9 Å². The molecule has 0 bridgehead atoms. The van der Waals surface area contributed by atoms with Gasteiger partial charge in [-0.3, -0.25) is 4.68 Å². The molecule has 1 fully saturated rings. The standard InChI is InChI=1S/C14H24BrN3S/c1-4-10-14(15)12(18(3)17-10)9-11(16-2)13-7-5-6-8-19-13/h11,13,16H,4-9H2,1-3H3. The SMILES string of the molecule is CCc1nn(C)c(CC(NC)C2CCCCS2)c1Br. The Morgan fingerprint density at radius 2 is 2.32 bits per heavy atom. The molecule has 0 aromatic carbocycles. The van der Waals surface area contributed by atoms with E-state index in [0.717, 1.165) is 18.1 Å².